The summed E-state index contributed by atoms with van der Waals surface area (Å²) < 4.78 is 2.31. The molecule has 0 saturated heterocycles. The molecule has 0 spiro atoms. The number of aryl methyl sites for hydroxylation is 1. The molecule has 0 aliphatic rings. The maximum absolute atomic E-state index is 5.28. The summed E-state index contributed by atoms with van der Waals surface area (Å²) in [5, 5.41) is 10.7. The minimum Gasteiger partial charge on any atom is -0.296 e. The molecule has 0 aliphatic carbocycles. The van der Waals surface area contributed by atoms with E-state index >= 15 is 0 Å². The highest BCUT2D eigenvalue weighted by molar-refractivity contribution is 7.21. The zero-order chi connectivity index (χ0) is 37.5. The largest absolute Gasteiger partial charge is 0.296 e. The second-order valence-corrected chi connectivity index (χ2v) is 18.2. The highest BCUT2D eigenvalue weighted by atomic mass is 28.3. The summed E-state index contributed by atoms with van der Waals surface area (Å²) in [6, 6.07) is 78.4. The Kier molecular flexibility index (Phi) is 8.50. The van der Waals surface area contributed by atoms with Crippen LogP contribution in [-0.2, 0) is 6.42 Å². The third-order valence-electron chi connectivity index (χ3n) is 11.5. The number of benzene rings is 9. The molecule has 9 aromatic carbocycles. The summed E-state index contributed by atoms with van der Waals surface area (Å²) in [5.41, 5.74) is 8.05. The van der Waals surface area contributed by atoms with Crippen LogP contribution in [0.4, 0.5) is 0 Å². The minimum atomic E-state index is -2.89. The summed E-state index contributed by atoms with van der Waals surface area (Å²) in [4.78, 5) is 5.28. The Bertz CT molecular complexity index is 2840. The second-order valence-electron chi connectivity index (χ2n) is 14.5. The molecular formula is C53H40N2Si. The first kappa shape index (κ1) is 33.7. The molecule has 10 rings (SSSR count). The smallest absolute Gasteiger partial charge is 0.180 e. The van der Waals surface area contributed by atoms with Gasteiger partial charge in [-0.15, -0.1) is 0 Å². The van der Waals surface area contributed by atoms with E-state index in [4.69, 9.17) is 4.98 Å². The SMILES string of the molecule is CCc1nc2c(-c3cccc(-c4c5ccccc5c([Si](c5ccccc5)(c5ccccc5)c5ccccc5)c5ccccc45)c3)cccc2n1-c1ccccc1. The molecule has 56 heavy (non-hydrogen) atoms. The van der Waals surface area contributed by atoms with E-state index in [1.807, 2.05) is 0 Å². The fourth-order valence-electron chi connectivity index (χ4n) is 9.17. The molecule has 0 N–H and O–H groups in total. The summed E-state index contributed by atoms with van der Waals surface area (Å²) in [6.45, 7) is 2.19. The van der Waals surface area contributed by atoms with Crippen molar-refractivity contribution in [2.75, 3.05) is 0 Å². The van der Waals surface area contributed by atoms with Gasteiger partial charge >= 0.3 is 0 Å². The quantitative estimate of drug-likeness (QED) is 0.0864. The fraction of sp³-hybridized carbons (Fsp3) is 0.0377. The van der Waals surface area contributed by atoms with Gasteiger partial charge in [-0.2, -0.15) is 0 Å². The predicted molar refractivity (Wildman–Crippen MR) is 240 cm³/mol. The van der Waals surface area contributed by atoms with Crippen LogP contribution in [0, 0.1) is 0 Å². The molecule has 0 amide bonds. The maximum atomic E-state index is 5.28. The maximum Gasteiger partial charge on any atom is 0.180 e. The van der Waals surface area contributed by atoms with E-state index in [9.17, 15) is 0 Å². The summed E-state index contributed by atoms with van der Waals surface area (Å²) in [5.74, 6) is 1.06. The Morgan fingerprint density at radius 2 is 0.911 bits per heavy atom. The number of aromatic nitrogens is 2. The minimum absolute atomic E-state index is 0.840. The molecule has 3 heteroatoms. The average Bonchev–Trinajstić information content (AvgIpc) is 3.67. The molecule has 0 aliphatic heterocycles. The first-order valence-electron chi connectivity index (χ1n) is 19.5. The Morgan fingerprint density at radius 3 is 1.45 bits per heavy atom. The van der Waals surface area contributed by atoms with Crippen LogP contribution in [0.15, 0.2) is 212 Å². The fourth-order valence-corrected chi connectivity index (χ4v) is 14.4. The number of fused-ring (bicyclic) bond motifs is 3. The lowest BCUT2D eigenvalue weighted by Crippen LogP contribution is -2.75. The van der Waals surface area contributed by atoms with E-state index in [2.05, 4.69) is 224 Å². The average molecular weight is 733 g/mol. The van der Waals surface area contributed by atoms with E-state index in [0.717, 1.165) is 40.1 Å². The van der Waals surface area contributed by atoms with Gasteiger partial charge in [0.25, 0.3) is 0 Å². The van der Waals surface area contributed by atoms with Gasteiger partial charge in [0, 0.05) is 17.7 Å². The molecule has 0 atom stereocenters. The second kappa shape index (κ2) is 14.1. The van der Waals surface area contributed by atoms with Crippen LogP contribution in [0.2, 0.25) is 0 Å². The number of para-hydroxylation sites is 2. The van der Waals surface area contributed by atoms with E-state index < -0.39 is 8.07 Å². The Labute approximate surface area is 329 Å². The van der Waals surface area contributed by atoms with Crippen molar-refractivity contribution >= 4 is 61.4 Å². The highest BCUT2D eigenvalue weighted by Gasteiger charge is 2.44. The lowest BCUT2D eigenvalue weighted by molar-refractivity contribution is 0.908. The first-order chi connectivity index (χ1) is 27.8. The van der Waals surface area contributed by atoms with Crippen molar-refractivity contribution in [3.05, 3.63) is 218 Å². The molecular weight excluding hydrogens is 693 g/mol. The lowest BCUT2D eigenvalue weighted by Gasteiger charge is -2.37. The van der Waals surface area contributed by atoms with Gasteiger partial charge in [0.15, 0.2) is 8.07 Å². The van der Waals surface area contributed by atoms with Crippen LogP contribution < -0.4 is 20.7 Å². The topological polar surface area (TPSA) is 17.8 Å². The van der Waals surface area contributed by atoms with Crippen molar-refractivity contribution in [3.63, 3.8) is 0 Å². The number of rotatable bonds is 8. The molecule has 0 fully saturated rings. The van der Waals surface area contributed by atoms with Gasteiger partial charge in [0.2, 0.25) is 0 Å². The van der Waals surface area contributed by atoms with E-state index in [0.29, 0.717) is 0 Å². The summed E-state index contributed by atoms with van der Waals surface area (Å²) in [6.07, 6.45) is 0.840. The van der Waals surface area contributed by atoms with Crippen molar-refractivity contribution in [1.29, 1.82) is 0 Å². The molecule has 0 radical (unpaired) electrons. The molecule has 0 saturated carbocycles. The van der Waals surface area contributed by atoms with Gasteiger partial charge in [0.1, 0.15) is 5.82 Å². The van der Waals surface area contributed by atoms with E-state index in [1.54, 1.807) is 0 Å². The monoisotopic (exact) mass is 732 g/mol. The molecule has 0 bridgehead atoms. The van der Waals surface area contributed by atoms with Gasteiger partial charge in [-0.25, -0.2) is 4.98 Å². The van der Waals surface area contributed by atoms with Gasteiger partial charge < -0.3 is 0 Å². The van der Waals surface area contributed by atoms with E-state index in [-0.39, 0.29) is 0 Å². The third kappa shape index (κ3) is 5.35. The van der Waals surface area contributed by atoms with Crippen molar-refractivity contribution in [3.8, 4) is 27.9 Å². The van der Waals surface area contributed by atoms with Crippen LogP contribution in [0.25, 0.3) is 60.5 Å². The van der Waals surface area contributed by atoms with Crippen molar-refractivity contribution in [1.82, 2.24) is 9.55 Å². The third-order valence-corrected chi connectivity index (χ3v) is 16.4. The number of imidazole rings is 1. The van der Waals surface area contributed by atoms with Crippen molar-refractivity contribution in [2.24, 2.45) is 0 Å². The summed E-state index contributed by atoms with van der Waals surface area (Å²) in [7, 11) is -2.89. The normalized spacial score (nSPS) is 11.7. The van der Waals surface area contributed by atoms with Crippen molar-refractivity contribution < 1.29 is 0 Å². The highest BCUT2D eigenvalue weighted by Crippen LogP contribution is 2.39. The first-order valence-corrected chi connectivity index (χ1v) is 21.5. The molecule has 2 nitrogen and oxygen atoms in total. The zero-order valence-electron chi connectivity index (χ0n) is 31.3. The molecule has 266 valence electrons. The molecule has 1 aromatic heterocycles. The molecule has 0 unspecified atom stereocenters. The predicted octanol–water partition coefficient (Wildman–Crippen LogP) is 10.6. The van der Waals surface area contributed by atoms with Gasteiger partial charge in [0.05, 0.1) is 11.0 Å². The number of hydrogen-bond donors (Lipinski definition) is 0. The van der Waals surface area contributed by atoms with Gasteiger partial charge in [-0.1, -0.05) is 195 Å². The standard InChI is InChI=1S/C53H40N2Si/c1-2-50-54-52-44(35-20-36-49(52)55(50)40-23-7-3-8-24-40)38-21-19-22-39(37-38)51-45-31-15-17-33-47(45)53(48-34-18-16-32-46(48)51)56(41-25-9-4-10-26-41,42-27-11-5-12-28-42)43-29-13-6-14-30-43/h3-37H,2H2,1H3. The Balaban J connectivity index is 1.27. The van der Waals surface area contributed by atoms with E-state index in [1.165, 1.54) is 53.4 Å². The van der Waals surface area contributed by atoms with Crippen LogP contribution in [0.1, 0.15) is 12.7 Å². The number of hydrogen-bond acceptors (Lipinski definition) is 1. The van der Waals surface area contributed by atoms with Gasteiger partial charge in [-0.05, 0) is 83.2 Å². The molecule has 1 heterocycles. The Morgan fingerprint density at radius 1 is 0.446 bits per heavy atom. The molecule has 10 aromatic rings. The summed E-state index contributed by atoms with van der Waals surface area (Å²) >= 11 is 0. The van der Waals surface area contributed by atoms with Crippen LogP contribution in [0.5, 0.6) is 0 Å². The Hall–Kier alpha value is -6.81. The van der Waals surface area contributed by atoms with Crippen LogP contribution in [0.3, 0.4) is 0 Å². The lowest BCUT2D eigenvalue weighted by atomic mass is 9.90. The van der Waals surface area contributed by atoms with Crippen molar-refractivity contribution in [2.45, 2.75) is 13.3 Å². The van der Waals surface area contributed by atoms with Crippen LogP contribution in [-0.4, -0.2) is 17.6 Å². The van der Waals surface area contributed by atoms with Gasteiger partial charge in [-0.3, -0.25) is 4.57 Å². The van der Waals surface area contributed by atoms with Crippen LogP contribution >= 0.6 is 0 Å². The zero-order valence-corrected chi connectivity index (χ0v) is 32.3. The number of nitrogens with zero attached hydrogens (tertiary/aromatic N) is 2.